The van der Waals surface area contributed by atoms with E-state index in [1.165, 1.54) is 16.7 Å². The third-order valence-electron chi connectivity index (χ3n) is 5.85. The van der Waals surface area contributed by atoms with Gasteiger partial charge in [-0.3, -0.25) is 4.90 Å². The molecule has 0 saturated heterocycles. The van der Waals surface area contributed by atoms with Gasteiger partial charge in [0.1, 0.15) is 15.8 Å². The Kier molecular flexibility index (Phi) is 7.12. The number of nitrogens with zero attached hydrogens (tertiary/aromatic N) is 3. The minimum Gasteiger partial charge on any atom is -0.489 e. The second kappa shape index (κ2) is 9.85. The number of aromatic nitrogens is 2. The van der Waals surface area contributed by atoms with Crippen molar-refractivity contribution >= 4 is 22.9 Å². The molecule has 0 fully saturated rings. The summed E-state index contributed by atoms with van der Waals surface area (Å²) in [6.45, 7) is 7.54. The monoisotopic (exact) mass is 473 g/mol. The molecule has 0 radical (unpaired) electrons. The average molecular weight is 474 g/mol. The van der Waals surface area contributed by atoms with Gasteiger partial charge in [-0.05, 0) is 62.1 Å². The predicted octanol–water partition coefficient (Wildman–Crippen LogP) is 4.33. The lowest BCUT2D eigenvalue weighted by Gasteiger charge is -2.34. The van der Waals surface area contributed by atoms with Gasteiger partial charge in [-0.15, -0.1) is 10.2 Å². The second-order valence-corrected chi connectivity index (χ2v) is 9.72. The maximum Gasteiger partial charge on any atom is 0.148 e. The van der Waals surface area contributed by atoms with Crippen molar-refractivity contribution in [2.24, 2.45) is 0 Å². The summed E-state index contributed by atoms with van der Waals surface area (Å²) in [4.78, 5) is 2.14. The van der Waals surface area contributed by atoms with Crippen LogP contribution < -0.4 is 4.74 Å². The highest BCUT2D eigenvalue weighted by Crippen LogP contribution is 2.37. The Bertz CT molecular complexity index is 1100. The van der Waals surface area contributed by atoms with E-state index in [-0.39, 0.29) is 25.4 Å². The molecule has 0 aliphatic carbocycles. The number of hydrogen-bond acceptors (Lipinski definition) is 7. The van der Waals surface area contributed by atoms with E-state index >= 15 is 0 Å². The van der Waals surface area contributed by atoms with Crippen molar-refractivity contribution in [2.75, 3.05) is 19.8 Å². The van der Waals surface area contributed by atoms with Gasteiger partial charge < -0.3 is 14.9 Å². The minimum atomic E-state index is -0.210. The summed E-state index contributed by atoms with van der Waals surface area (Å²) < 4.78 is 5.72. The van der Waals surface area contributed by atoms with E-state index in [1.807, 2.05) is 32.0 Å². The summed E-state index contributed by atoms with van der Waals surface area (Å²) >= 11 is 7.95. The molecule has 3 aromatic rings. The molecule has 4 rings (SSSR count). The van der Waals surface area contributed by atoms with Crippen LogP contribution in [0.5, 0.6) is 5.75 Å². The number of aliphatic hydroxyl groups excluding tert-OH is 2. The average Bonchev–Trinajstić information content (AvgIpc) is 3.26. The van der Waals surface area contributed by atoms with Crippen molar-refractivity contribution < 1.29 is 14.9 Å². The van der Waals surface area contributed by atoms with Crippen LogP contribution in [-0.2, 0) is 13.0 Å². The summed E-state index contributed by atoms with van der Waals surface area (Å²) in [6, 6.07) is 9.73. The Morgan fingerprint density at radius 1 is 1.12 bits per heavy atom. The van der Waals surface area contributed by atoms with Crippen LogP contribution in [0.4, 0.5) is 0 Å². The van der Waals surface area contributed by atoms with Gasteiger partial charge in [0.15, 0.2) is 0 Å². The first-order valence-corrected chi connectivity index (χ1v) is 12.0. The maximum absolute atomic E-state index is 9.51. The molecule has 8 heteroatoms. The van der Waals surface area contributed by atoms with Gasteiger partial charge in [0.05, 0.1) is 30.4 Å². The molecule has 32 heavy (non-hydrogen) atoms. The smallest absolute Gasteiger partial charge is 0.148 e. The van der Waals surface area contributed by atoms with Gasteiger partial charge in [-0.25, -0.2) is 0 Å². The summed E-state index contributed by atoms with van der Waals surface area (Å²) in [5, 5.41) is 30.1. The lowest BCUT2D eigenvalue weighted by molar-refractivity contribution is 0.0650. The van der Waals surface area contributed by atoms with E-state index in [0.29, 0.717) is 10.8 Å². The fourth-order valence-corrected chi connectivity index (χ4v) is 5.27. The Morgan fingerprint density at radius 2 is 1.88 bits per heavy atom. The van der Waals surface area contributed by atoms with E-state index in [0.717, 1.165) is 40.7 Å². The fraction of sp³-hybridized carbons (Fsp3) is 0.417. The highest BCUT2D eigenvalue weighted by Gasteiger charge is 2.25. The van der Waals surface area contributed by atoms with Gasteiger partial charge in [-0.2, -0.15) is 0 Å². The largest absolute Gasteiger partial charge is 0.489 e. The standard InChI is InChI=1S/C24H28ClN3O3S/c1-14(2)31-22-7-5-16(10-21(22)25)23-26-27-24(32-23)20-6-4-17-11-28(18(12-29)13-30)9-8-19(17)15(20)3/h4-7,10,14,18,29-30H,8-9,11-13H2,1-3H3. The highest BCUT2D eigenvalue weighted by atomic mass is 35.5. The number of halogens is 1. The van der Waals surface area contributed by atoms with E-state index in [4.69, 9.17) is 16.3 Å². The molecule has 0 saturated carbocycles. The number of ether oxygens (including phenoxy) is 1. The molecule has 0 amide bonds. The molecular weight excluding hydrogens is 446 g/mol. The highest BCUT2D eigenvalue weighted by molar-refractivity contribution is 7.17. The zero-order valence-electron chi connectivity index (χ0n) is 18.5. The second-order valence-electron chi connectivity index (χ2n) is 8.34. The van der Waals surface area contributed by atoms with Gasteiger partial charge >= 0.3 is 0 Å². The van der Waals surface area contributed by atoms with Crippen molar-refractivity contribution in [3.63, 3.8) is 0 Å². The Labute approximate surface area is 197 Å². The molecule has 170 valence electrons. The van der Waals surface area contributed by atoms with Crippen molar-refractivity contribution in [1.29, 1.82) is 0 Å². The summed E-state index contributed by atoms with van der Waals surface area (Å²) in [5.41, 5.74) is 5.78. The quantitative estimate of drug-likeness (QED) is 0.531. The lowest BCUT2D eigenvalue weighted by atomic mass is 9.91. The SMILES string of the molecule is Cc1c(-c2nnc(-c3ccc(OC(C)C)c(Cl)c3)s2)ccc2c1CCN(C(CO)CO)C2. The number of benzene rings is 2. The first-order chi connectivity index (χ1) is 15.4. The van der Waals surface area contributed by atoms with E-state index < -0.39 is 0 Å². The van der Waals surface area contributed by atoms with Crippen molar-refractivity contribution in [3.05, 3.63) is 52.0 Å². The molecule has 6 nitrogen and oxygen atoms in total. The lowest BCUT2D eigenvalue weighted by Crippen LogP contribution is -2.43. The summed E-state index contributed by atoms with van der Waals surface area (Å²) in [6.07, 6.45) is 0.938. The normalized spacial score (nSPS) is 14.2. The number of aliphatic hydroxyl groups is 2. The van der Waals surface area contributed by atoms with Gasteiger partial charge in [-0.1, -0.05) is 35.1 Å². The zero-order valence-corrected chi connectivity index (χ0v) is 20.1. The Morgan fingerprint density at radius 3 is 2.56 bits per heavy atom. The third-order valence-corrected chi connectivity index (χ3v) is 7.15. The van der Waals surface area contributed by atoms with E-state index in [9.17, 15) is 10.2 Å². The molecule has 1 aliphatic heterocycles. The van der Waals surface area contributed by atoms with Crippen LogP contribution in [0.2, 0.25) is 5.02 Å². The van der Waals surface area contributed by atoms with Crippen LogP contribution in [0.15, 0.2) is 30.3 Å². The topological polar surface area (TPSA) is 78.7 Å². The summed E-state index contributed by atoms with van der Waals surface area (Å²) in [7, 11) is 0. The molecule has 1 aliphatic rings. The predicted molar refractivity (Wildman–Crippen MR) is 128 cm³/mol. The maximum atomic E-state index is 9.51. The van der Waals surface area contributed by atoms with Crippen LogP contribution in [-0.4, -0.2) is 57.2 Å². The number of rotatable bonds is 7. The summed E-state index contributed by atoms with van der Waals surface area (Å²) in [5.74, 6) is 0.666. The number of hydrogen-bond donors (Lipinski definition) is 2. The van der Waals surface area contributed by atoms with E-state index in [2.05, 4.69) is 34.2 Å². The van der Waals surface area contributed by atoms with Crippen LogP contribution in [0, 0.1) is 6.92 Å². The van der Waals surface area contributed by atoms with Crippen LogP contribution in [0.25, 0.3) is 21.1 Å². The van der Waals surface area contributed by atoms with Gasteiger partial charge in [0, 0.05) is 24.2 Å². The molecule has 0 bridgehead atoms. The van der Waals surface area contributed by atoms with Crippen LogP contribution in [0.3, 0.4) is 0 Å². The van der Waals surface area contributed by atoms with Crippen molar-refractivity contribution in [3.8, 4) is 26.9 Å². The van der Waals surface area contributed by atoms with Crippen LogP contribution >= 0.6 is 22.9 Å². The van der Waals surface area contributed by atoms with Crippen molar-refractivity contribution in [1.82, 2.24) is 15.1 Å². The van der Waals surface area contributed by atoms with E-state index in [1.54, 1.807) is 11.3 Å². The minimum absolute atomic E-state index is 0.0367. The Hall–Kier alpha value is -2.03. The van der Waals surface area contributed by atoms with Gasteiger partial charge in [0.2, 0.25) is 0 Å². The van der Waals surface area contributed by atoms with Crippen LogP contribution in [0.1, 0.15) is 30.5 Å². The molecule has 1 aromatic heterocycles. The molecule has 2 aromatic carbocycles. The Balaban J connectivity index is 1.58. The molecule has 0 unspecified atom stereocenters. The molecule has 2 heterocycles. The third kappa shape index (κ3) is 4.67. The fourth-order valence-electron chi connectivity index (χ4n) is 4.13. The first kappa shape index (κ1) is 23.1. The zero-order chi connectivity index (χ0) is 22.8. The first-order valence-electron chi connectivity index (χ1n) is 10.8. The molecular formula is C24H28ClN3O3S. The molecule has 0 atom stereocenters. The number of fused-ring (bicyclic) bond motifs is 1. The van der Waals surface area contributed by atoms with Gasteiger partial charge in [0.25, 0.3) is 0 Å². The molecule has 2 N–H and O–H groups in total. The molecule has 0 spiro atoms. The van der Waals surface area contributed by atoms with Crippen molar-refractivity contribution in [2.45, 2.75) is 45.9 Å².